The second kappa shape index (κ2) is 6.66. The summed E-state index contributed by atoms with van der Waals surface area (Å²) in [4.78, 5) is 4.50. The topological polar surface area (TPSA) is 51.0 Å². The summed E-state index contributed by atoms with van der Waals surface area (Å²) in [5.74, 6) is 2.00. The van der Waals surface area contributed by atoms with Crippen LogP contribution < -0.4 is 5.32 Å². The summed E-state index contributed by atoms with van der Waals surface area (Å²) < 4.78 is 5.36. The second-order valence-electron chi connectivity index (χ2n) is 5.55. The molecule has 0 bridgehead atoms. The molecular weight excluding hydrogens is 250 g/mol. The first kappa shape index (κ1) is 14.7. The van der Waals surface area contributed by atoms with Gasteiger partial charge in [0.2, 0.25) is 5.89 Å². The van der Waals surface area contributed by atoms with Gasteiger partial charge in [-0.2, -0.15) is 4.98 Å². The molecule has 1 aromatic heterocycles. The van der Waals surface area contributed by atoms with Gasteiger partial charge in [0.05, 0.1) is 0 Å². The summed E-state index contributed by atoms with van der Waals surface area (Å²) in [7, 11) is 1.97. The first-order valence-corrected chi connectivity index (χ1v) is 7.13. The number of aromatic nitrogens is 2. The fourth-order valence-electron chi connectivity index (χ4n) is 2.28. The van der Waals surface area contributed by atoms with E-state index in [1.54, 1.807) is 0 Å². The number of benzene rings is 1. The van der Waals surface area contributed by atoms with Crippen molar-refractivity contribution in [3.63, 3.8) is 0 Å². The molecule has 0 aliphatic heterocycles. The molecule has 0 aliphatic rings. The van der Waals surface area contributed by atoms with Gasteiger partial charge in [-0.1, -0.05) is 43.3 Å². The highest BCUT2D eigenvalue weighted by Gasteiger charge is 2.16. The summed E-state index contributed by atoms with van der Waals surface area (Å²) in [6.45, 7) is 6.48. The van der Waals surface area contributed by atoms with Crippen LogP contribution in [0.2, 0.25) is 0 Å². The molecule has 1 N–H and O–H groups in total. The average Bonchev–Trinajstić information content (AvgIpc) is 2.86. The Hall–Kier alpha value is -1.68. The largest absolute Gasteiger partial charge is 0.339 e. The summed E-state index contributed by atoms with van der Waals surface area (Å²) in [5, 5.41) is 7.38. The van der Waals surface area contributed by atoms with E-state index in [4.69, 9.17) is 4.52 Å². The standard InChI is InChI=1S/C16H23N3O/c1-11(2)14(17-4)10-16-18-15(19-20-16)9-13-8-6-5-7-12(13)3/h5-8,11,14,17H,9-10H2,1-4H3. The first-order valence-electron chi connectivity index (χ1n) is 7.13. The van der Waals surface area contributed by atoms with Gasteiger partial charge in [-0.05, 0) is 31.0 Å². The summed E-state index contributed by atoms with van der Waals surface area (Å²) in [6.07, 6.45) is 1.50. The molecule has 1 aromatic carbocycles. The zero-order valence-electron chi connectivity index (χ0n) is 12.7. The Bertz CT molecular complexity index is 548. The molecule has 0 amide bonds. The fraction of sp³-hybridized carbons (Fsp3) is 0.500. The third-order valence-corrected chi connectivity index (χ3v) is 3.69. The summed E-state index contributed by atoms with van der Waals surface area (Å²) in [5.41, 5.74) is 2.50. The van der Waals surface area contributed by atoms with Gasteiger partial charge in [-0.25, -0.2) is 0 Å². The van der Waals surface area contributed by atoms with Crippen molar-refractivity contribution in [2.45, 2.75) is 39.7 Å². The Balaban J connectivity index is 2.04. The minimum Gasteiger partial charge on any atom is -0.339 e. The number of nitrogens with zero attached hydrogens (tertiary/aromatic N) is 2. The molecule has 0 saturated carbocycles. The van der Waals surface area contributed by atoms with E-state index in [-0.39, 0.29) is 0 Å². The number of nitrogens with one attached hydrogen (secondary N) is 1. The number of rotatable bonds is 6. The molecule has 108 valence electrons. The van der Waals surface area contributed by atoms with Crippen LogP contribution in [-0.4, -0.2) is 23.2 Å². The molecule has 0 fully saturated rings. The van der Waals surface area contributed by atoms with Crippen LogP contribution in [0.1, 0.15) is 36.7 Å². The lowest BCUT2D eigenvalue weighted by atomic mass is 10.0. The van der Waals surface area contributed by atoms with Gasteiger partial charge >= 0.3 is 0 Å². The van der Waals surface area contributed by atoms with E-state index in [1.165, 1.54) is 11.1 Å². The van der Waals surface area contributed by atoms with Crippen LogP contribution in [0.25, 0.3) is 0 Å². The Morgan fingerprint density at radius 1 is 1.25 bits per heavy atom. The first-order chi connectivity index (χ1) is 9.60. The predicted molar refractivity (Wildman–Crippen MR) is 79.7 cm³/mol. The molecule has 4 heteroatoms. The van der Waals surface area contributed by atoms with Crippen molar-refractivity contribution in [2.75, 3.05) is 7.05 Å². The molecule has 2 aromatic rings. The highest BCUT2D eigenvalue weighted by atomic mass is 16.5. The number of hydrogen-bond donors (Lipinski definition) is 1. The molecule has 1 heterocycles. The Labute approximate surface area is 120 Å². The average molecular weight is 273 g/mol. The minimum absolute atomic E-state index is 0.363. The zero-order valence-corrected chi connectivity index (χ0v) is 12.7. The maximum Gasteiger partial charge on any atom is 0.228 e. The highest BCUT2D eigenvalue weighted by Crippen LogP contribution is 2.13. The number of likely N-dealkylation sites (N-methyl/N-ethyl adjacent to an activating group) is 1. The molecule has 0 radical (unpaired) electrons. The smallest absolute Gasteiger partial charge is 0.228 e. The zero-order chi connectivity index (χ0) is 14.5. The van der Waals surface area contributed by atoms with Gasteiger partial charge in [0.1, 0.15) is 0 Å². The van der Waals surface area contributed by atoms with Crippen LogP contribution in [0.5, 0.6) is 0 Å². The van der Waals surface area contributed by atoms with E-state index < -0.39 is 0 Å². The van der Waals surface area contributed by atoms with Crippen LogP contribution >= 0.6 is 0 Å². The Morgan fingerprint density at radius 3 is 2.65 bits per heavy atom. The van der Waals surface area contributed by atoms with Gasteiger partial charge in [-0.15, -0.1) is 0 Å². The van der Waals surface area contributed by atoms with Crippen molar-refractivity contribution in [2.24, 2.45) is 5.92 Å². The maximum absolute atomic E-state index is 5.36. The number of hydrogen-bond acceptors (Lipinski definition) is 4. The lowest BCUT2D eigenvalue weighted by Gasteiger charge is -2.17. The molecule has 2 rings (SSSR count). The van der Waals surface area contributed by atoms with Crippen molar-refractivity contribution in [1.82, 2.24) is 15.5 Å². The number of aryl methyl sites for hydroxylation is 1. The fourth-order valence-corrected chi connectivity index (χ4v) is 2.28. The van der Waals surface area contributed by atoms with Crippen molar-refractivity contribution in [1.29, 1.82) is 0 Å². The predicted octanol–water partition coefficient (Wildman–Crippen LogP) is 2.76. The van der Waals surface area contributed by atoms with E-state index in [2.05, 4.69) is 48.4 Å². The molecule has 1 atom stereocenters. The summed E-state index contributed by atoms with van der Waals surface area (Å²) >= 11 is 0. The van der Waals surface area contributed by atoms with Gasteiger partial charge in [0.15, 0.2) is 5.82 Å². The highest BCUT2D eigenvalue weighted by molar-refractivity contribution is 5.27. The van der Waals surface area contributed by atoms with E-state index in [0.717, 1.165) is 18.7 Å². The lowest BCUT2D eigenvalue weighted by molar-refractivity contribution is 0.333. The van der Waals surface area contributed by atoms with Gasteiger partial charge in [0.25, 0.3) is 0 Å². The maximum atomic E-state index is 5.36. The van der Waals surface area contributed by atoms with Crippen LogP contribution in [0.15, 0.2) is 28.8 Å². The normalized spacial score (nSPS) is 12.8. The molecule has 20 heavy (non-hydrogen) atoms. The molecule has 0 saturated heterocycles. The van der Waals surface area contributed by atoms with Crippen molar-refractivity contribution in [3.8, 4) is 0 Å². The van der Waals surface area contributed by atoms with Crippen molar-refractivity contribution >= 4 is 0 Å². The molecule has 0 aliphatic carbocycles. The van der Waals surface area contributed by atoms with E-state index in [1.807, 2.05) is 19.2 Å². The van der Waals surface area contributed by atoms with Gasteiger partial charge in [0, 0.05) is 18.9 Å². The molecule has 1 unspecified atom stereocenters. The minimum atomic E-state index is 0.363. The van der Waals surface area contributed by atoms with Crippen molar-refractivity contribution in [3.05, 3.63) is 47.1 Å². The third kappa shape index (κ3) is 3.67. The van der Waals surface area contributed by atoms with Gasteiger partial charge < -0.3 is 9.84 Å². The van der Waals surface area contributed by atoms with Gasteiger partial charge in [-0.3, -0.25) is 0 Å². The Kier molecular flexibility index (Phi) is 4.90. The van der Waals surface area contributed by atoms with Crippen molar-refractivity contribution < 1.29 is 4.52 Å². The lowest BCUT2D eigenvalue weighted by Crippen LogP contribution is -2.32. The van der Waals surface area contributed by atoms with Crippen LogP contribution in [0.4, 0.5) is 0 Å². The van der Waals surface area contributed by atoms with E-state index >= 15 is 0 Å². The van der Waals surface area contributed by atoms with Crippen LogP contribution in [0, 0.1) is 12.8 Å². The van der Waals surface area contributed by atoms with E-state index in [9.17, 15) is 0 Å². The van der Waals surface area contributed by atoms with E-state index in [0.29, 0.717) is 17.9 Å². The Morgan fingerprint density at radius 2 is 2.00 bits per heavy atom. The quantitative estimate of drug-likeness (QED) is 0.879. The molecular formula is C16H23N3O. The monoisotopic (exact) mass is 273 g/mol. The third-order valence-electron chi connectivity index (χ3n) is 3.69. The van der Waals surface area contributed by atoms with Crippen LogP contribution in [0.3, 0.4) is 0 Å². The molecule has 0 spiro atoms. The molecule has 4 nitrogen and oxygen atoms in total. The second-order valence-corrected chi connectivity index (χ2v) is 5.55. The van der Waals surface area contributed by atoms with Crippen LogP contribution in [-0.2, 0) is 12.8 Å². The summed E-state index contributed by atoms with van der Waals surface area (Å²) in [6, 6.07) is 8.66. The SMILES string of the molecule is CNC(Cc1nc(Cc2ccccc2C)no1)C(C)C.